The molecule has 4 nitrogen and oxygen atoms in total. The molecule has 0 radical (unpaired) electrons. The highest BCUT2D eigenvalue weighted by molar-refractivity contribution is 5.22. The van der Waals surface area contributed by atoms with E-state index >= 15 is 0 Å². The number of hydrogen-bond donors (Lipinski definition) is 2. The summed E-state index contributed by atoms with van der Waals surface area (Å²) >= 11 is 0. The number of aromatic amines is 1. The van der Waals surface area contributed by atoms with Crippen LogP contribution in [0.25, 0.3) is 0 Å². The maximum Gasteiger partial charge on any atom is 0.255 e. The van der Waals surface area contributed by atoms with Crippen LogP contribution in [0.1, 0.15) is 55.1 Å². The van der Waals surface area contributed by atoms with Crippen LogP contribution >= 0.6 is 0 Å². The summed E-state index contributed by atoms with van der Waals surface area (Å²) in [6.45, 7) is 1.42. The highest BCUT2D eigenvalue weighted by Crippen LogP contribution is 2.30. The molecule has 0 amide bonds. The molecule has 2 N–H and O–H groups in total. The fraction of sp³-hybridized carbons (Fsp3) is 0.667. The molecule has 0 unspecified atom stereocenters. The van der Waals surface area contributed by atoms with Crippen molar-refractivity contribution in [3.63, 3.8) is 0 Å². The Hall–Kier alpha value is -1.16. The molecule has 0 bridgehead atoms. The average Bonchev–Trinajstić information content (AvgIpc) is 2.79. The van der Waals surface area contributed by atoms with Gasteiger partial charge < -0.3 is 10.3 Å². The highest BCUT2D eigenvalue weighted by Gasteiger charge is 2.22. The molecule has 2 heterocycles. The van der Waals surface area contributed by atoms with E-state index in [0.29, 0.717) is 12.5 Å². The van der Waals surface area contributed by atoms with Gasteiger partial charge in [-0.3, -0.25) is 4.79 Å². The SMILES string of the molecule is O=c1[nH]c(C2CCCCC2)nc2c1CNC2. The van der Waals surface area contributed by atoms with Crippen molar-refractivity contribution in [1.82, 2.24) is 15.3 Å². The van der Waals surface area contributed by atoms with Crippen molar-refractivity contribution in [3.8, 4) is 0 Å². The summed E-state index contributed by atoms with van der Waals surface area (Å²) in [6.07, 6.45) is 6.21. The first kappa shape index (κ1) is 10.0. The van der Waals surface area contributed by atoms with Crippen molar-refractivity contribution in [2.75, 3.05) is 0 Å². The van der Waals surface area contributed by atoms with Crippen LogP contribution in [0.2, 0.25) is 0 Å². The summed E-state index contributed by atoms with van der Waals surface area (Å²) in [5, 5.41) is 3.18. The normalized spacial score (nSPS) is 21.0. The van der Waals surface area contributed by atoms with E-state index in [4.69, 9.17) is 0 Å². The lowest BCUT2D eigenvalue weighted by atomic mass is 9.88. The van der Waals surface area contributed by atoms with Gasteiger partial charge in [0.2, 0.25) is 0 Å². The molecule has 0 spiro atoms. The fourth-order valence-electron chi connectivity index (χ4n) is 2.77. The van der Waals surface area contributed by atoms with Gasteiger partial charge in [0, 0.05) is 19.0 Å². The first-order valence-electron chi connectivity index (χ1n) is 6.17. The van der Waals surface area contributed by atoms with Crippen LogP contribution in [0.4, 0.5) is 0 Å². The molecule has 1 aromatic heterocycles. The molecule has 3 rings (SSSR count). The zero-order valence-electron chi connectivity index (χ0n) is 9.38. The Bertz CT molecular complexity index is 446. The summed E-state index contributed by atoms with van der Waals surface area (Å²) < 4.78 is 0. The lowest BCUT2D eigenvalue weighted by molar-refractivity contribution is 0.427. The van der Waals surface area contributed by atoms with E-state index in [2.05, 4.69) is 15.3 Å². The Morgan fingerprint density at radius 3 is 2.75 bits per heavy atom. The molecule has 1 fully saturated rings. The van der Waals surface area contributed by atoms with Crippen LogP contribution in [0.5, 0.6) is 0 Å². The Kier molecular flexibility index (Phi) is 2.52. The van der Waals surface area contributed by atoms with Crippen molar-refractivity contribution in [2.24, 2.45) is 0 Å². The molecular formula is C12H17N3O. The Morgan fingerprint density at radius 1 is 1.12 bits per heavy atom. The van der Waals surface area contributed by atoms with Crippen LogP contribution in [0.15, 0.2) is 4.79 Å². The van der Waals surface area contributed by atoms with Crippen LogP contribution in [-0.4, -0.2) is 9.97 Å². The molecule has 1 aliphatic heterocycles. The largest absolute Gasteiger partial charge is 0.310 e. The van der Waals surface area contributed by atoms with E-state index in [1.807, 2.05) is 0 Å². The molecule has 1 aromatic rings. The van der Waals surface area contributed by atoms with Gasteiger partial charge in [-0.15, -0.1) is 0 Å². The molecule has 2 aliphatic rings. The van der Waals surface area contributed by atoms with E-state index < -0.39 is 0 Å². The molecule has 0 atom stereocenters. The third-order valence-electron chi connectivity index (χ3n) is 3.71. The number of hydrogen-bond acceptors (Lipinski definition) is 3. The van der Waals surface area contributed by atoms with Gasteiger partial charge in [0.25, 0.3) is 5.56 Å². The lowest BCUT2D eigenvalue weighted by Crippen LogP contribution is -2.20. The smallest absolute Gasteiger partial charge is 0.255 e. The van der Waals surface area contributed by atoms with Gasteiger partial charge in [-0.25, -0.2) is 4.98 Å². The van der Waals surface area contributed by atoms with Crippen LogP contribution in [0, 0.1) is 0 Å². The molecule has 86 valence electrons. The number of rotatable bonds is 1. The summed E-state index contributed by atoms with van der Waals surface area (Å²) in [6, 6.07) is 0. The summed E-state index contributed by atoms with van der Waals surface area (Å²) in [7, 11) is 0. The summed E-state index contributed by atoms with van der Waals surface area (Å²) in [5.41, 5.74) is 1.86. The third-order valence-corrected chi connectivity index (χ3v) is 3.71. The molecule has 0 aromatic carbocycles. The van der Waals surface area contributed by atoms with Crippen LogP contribution in [-0.2, 0) is 13.1 Å². The predicted molar refractivity (Wildman–Crippen MR) is 61.2 cm³/mol. The lowest BCUT2D eigenvalue weighted by Gasteiger charge is -2.20. The molecular weight excluding hydrogens is 202 g/mol. The maximum atomic E-state index is 11.8. The van der Waals surface area contributed by atoms with E-state index in [1.165, 1.54) is 32.1 Å². The highest BCUT2D eigenvalue weighted by atomic mass is 16.1. The van der Waals surface area contributed by atoms with Gasteiger partial charge in [0.05, 0.1) is 11.3 Å². The topological polar surface area (TPSA) is 57.8 Å². The molecule has 1 aliphatic carbocycles. The summed E-state index contributed by atoms with van der Waals surface area (Å²) in [4.78, 5) is 19.4. The molecule has 1 saturated carbocycles. The number of nitrogens with one attached hydrogen (secondary N) is 2. The van der Waals surface area contributed by atoms with Gasteiger partial charge in [0.15, 0.2) is 0 Å². The van der Waals surface area contributed by atoms with Gasteiger partial charge in [-0.05, 0) is 12.8 Å². The quantitative estimate of drug-likeness (QED) is 0.751. The molecule has 0 saturated heterocycles. The second kappa shape index (κ2) is 4.01. The van der Waals surface area contributed by atoms with Gasteiger partial charge in [-0.1, -0.05) is 19.3 Å². The monoisotopic (exact) mass is 219 g/mol. The second-order valence-corrected chi connectivity index (χ2v) is 4.81. The van der Waals surface area contributed by atoms with E-state index in [9.17, 15) is 4.79 Å². The number of H-pyrrole nitrogens is 1. The van der Waals surface area contributed by atoms with Crippen molar-refractivity contribution in [1.29, 1.82) is 0 Å². The van der Waals surface area contributed by atoms with Crippen molar-refractivity contribution >= 4 is 0 Å². The predicted octanol–water partition coefficient (Wildman–Crippen LogP) is 1.42. The Morgan fingerprint density at radius 2 is 1.94 bits per heavy atom. The van der Waals surface area contributed by atoms with Gasteiger partial charge in [0.1, 0.15) is 5.82 Å². The van der Waals surface area contributed by atoms with Gasteiger partial charge >= 0.3 is 0 Å². The minimum absolute atomic E-state index is 0.0653. The average molecular weight is 219 g/mol. The van der Waals surface area contributed by atoms with Gasteiger partial charge in [-0.2, -0.15) is 0 Å². The standard InChI is InChI=1S/C12H17N3O/c16-12-9-6-13-7-10(9)14-11(15-12)8-4-2-1-3-5-8/h8,13H,1-7H2,(H,14,15,16). The second-order valence-electron chi connectivity index (χ2n) is 4.81. The first-order chi connectivity index (χ1) is 7.84. The summed E-state index contributed by atoms with van der Waals surface area (Å²) in [5.74, 6) is 1.40. The number of nitrogens with zero attached hydrogens (tertiary/aromatic N) is 1. The van der Waals surface area contributed by atoms with Crippen LogP contribution in [0.3, 0.4) is 0 Å². The zero-order chi connectivity index (χ0) is 11.0. The Balaban J connectivity index is 1.96. The third kappa shape index (κ3) is 1.67. The minimum Gasteiger partial charge on any atom is -0.310 e. The fourth-order valence-corrected chi connectivity index (χ4v) is 2.77. The van der Waals surface area contributed by atoms with Crippen molar-refractivity contribution in [2.45, 2.75) is 51.1 Å². The zero-order valence-corrected chi connectivity index (χ0v) is 9.38. The minimum atomic E-state index is 0.0653. The van der Waals surface area contributed by atoms with Crippen molar-refractivity contribution < 1.29 is 0 Å². The number of fused-ring (bicyclic) bond motifs is 1. The molecule has 4 heteroatoms. The van der Waals surface area contributed by atoms with E-state index in [0.717, 1.165) is 23.6 Å². The maximum absolute atomic E-state index is 11.8. The number of aromatic nitrogens is 2. The first-order valence-corrected chi connectivity index (χ1v) is 6.17. The van der Waals surface area contributed by atoms with Crippen molar-refractivity contribution in [3.05, 3.63) is 27.4 Å². The van der Waals surface area contributed by atoms with E-state index in [-0.39, 0.29) is 5.56 Å². The van der Waals surface area contributed by atoms with E-state index in [1.54, 1.807) is 0 Å². The van der Waals surface area contributed by atoms with Crippen LogP contribution < -0.4 is 10.9 Å². The molecule has 16 heavy (non-hydrogen) atoms. The Labute approximate surface area is 94.5 Å².